The second-order valence-corrected chi connectivity index (χ2v) is 4.38. The summed E-state index contributed by atoms with van der Waals surface area (Å²) in [6.45, 7) is 0.135. The van der Waals surface area contributed by atoms with Crippen LogP contribution in [0.5, 0.6) is 0 Å². The van der Waals surface area contributed by atoms with Crippen molar-refractivity contribution in [1.82, 2.24) is 4.90 Å². The molecule has 0 N–H and O–H groups in total. The third kappa shape index (κ3) is 2.00. The first kappa shape index (κ1) is 11.3. The average molecular weight is 286 g/mol. The molecule has 1 saturated heterocycles. The number of halogens is 2. The molecule has 16 heavy (non-hydrogen) atoms. The zero-order valence-electron chi connectivity index (χ0n) is 8.37. The molecule has 0 spiro atoms. The molecular formula is C11H9BrFNO2. The van der Waals surface area contributed by atoms with E-state index in [1.165, 1.54) is 11.0 Å². The second kappa shape index (κ2) is 4.33. The standard InChI is InChI=1S/C11H9BrFNO2/c12-11-7(2-1-3-8(11)13)6-14-9(15)4-5-10(14)16/h1-3H,4-6H2. The summed E-state index contributed by atoms with van der Waals surface area (Å²) in [5.41, 5.74) is 0.601. The van der Waals surface area contributed by atoms with Crippen LogP contribution in [-0.2, 0) is 16.1 Å². The number of rotatable bonds is 2. The minimum Gasteiger partial charge on any atom is -0.278 e. The van der Waals surface area contributed by atoms with Crippen LogP contribution in [0.3, 0.4) is 0 Å². The molecule has 0 radical (unpaired) electrons. The highest BCUT2D eigenvalue weighted by molar-refractivity contribution is 9.10. The highest BCUT2D eigenvalue weighted by Gasteiger charge is 2.29. The predicted octanol–water partition coefficient (Wildman–Crippen LogP) is 2.24. The molecule has 2 rings (SSSR count). The molecule has 1 aliphatic heterocycles. The minimum atomic E-state index is -0.392. The Morgan fingerprint density at radius 1 is 1.25 bits per heavy atom. The van der Waals surface area contributed by atoms with Crippen LogP contribution in [0.2, 0.25) is 0 Å². The van der Waals surface area contributed by atoms with E-state index in [0.29, 0.717) is 10.0 Å². The minimum absolute atomic E-state index is 0.135. The van der Waals surface area contributed by atoms with Crippen LogP contribution < -0.4 is 0 Å². The van der Waals surface area contributed by atoms with Crippen LogP contribution in [0.4, 0.5) is 4.39 Å². The fourth-order valence-electron chi connectivity index (χ4n) is 1.64. The van der Waals surface area contributed by atoms with Gasteiger partial charge in [0.1, 0.15) is 5.82 Å². The summed E-state index contributed by atoms with van der Waals surface area (Å²) in [7, 11) is 0. The van der Waals surface area contributed by atoms with Crippen LogP contribution in [0.1, 0.15) is 18.4 Å². The highest BCUT2D eigenvalue weighted by atomic mass is 79.9. The van der Waals surface area contributed by atoms with Crippen LogP contribution >= 0.6 is 15.9 Å². The largest absolute Gasteiger partial charge is 0.278 e. The fraction of sp³-hybridized carbons (Fsp3) is 0.273. The predicted molar refractivity (Wildman–Crippen MR) is 58.9 cm³/mol. The smallest absolute Gasteiger partial charge is 0.229 e. The van der Waals surface area contributed by atoms with Gasteiger partial charge in [0.25, 0.3) is 0 Å². The van der Waals surface area contributed by atoms with Gasteiger partial charge >= 0.3 is 0 Å². The molecule has 2 amide bonds. The molecule has 1 aromatic carbocycles. The number of hydrogen-bond acceptors (Lipinski definition) is 2. The molecule has 0 unspecified atom stereocenters. The van der Waals surface area contributed by atoms with Gasteiger partial charge in [-0.2, -0.15) is 0 Å². The first-order valence-corrected chi connectivity index (χ1v) is 5.65. The third-order valence-corrected chi connectivity index (χ3v) is 3.40. The molecule has 3 nitrogen and oxygen atoms in total. The summed E-state index contributed by atoms with van der Waals surface area (Å²) in [4.78, 5) is 23.9. The zero-order valence-corrected chi connectivity index (χ0v) is 9.96. The monoisotopic (exact) mass is 285 g/mol. The highest BCUT2D eigenvalue weighted by Crippen LogP contribution is 2.24. The molecule has 0 aliphatic carbocycles. The van der Waals surface area contributed by atoms with Gasteiger partial charge in [-0.1, -0.05) is 12.1 Å². The number of hydrogen-bond donors (Lipinski definition) is 0. The topological polar surface area (TPSA) is 37.4 Å². The summed E-state index contributed by atoms with van der Waals surface area (Å²) in [5, 5.41) is 0. The lowest BCUT2D eigenvalue weighted by Gasteiger charge is -2.14. The summed E-state index contributed by atoms with van der Waals surface area (Å²) in [6, 6.07) is 4.56. The average Bonchev–Trinajstić information content (AvgIpc) is 2.56. The van der Waals surface area contributed by atoms with E-state index >= 15 is 0 Å². The first-order chi connectivity index (χ1) is 7.59. The SMILES string of the molecule is O=C1CCC(=O)N1Cc1cccc(F)c1Br. The van der Waals surface area contributed by atoms with Gasteiger partial charge in [0.15, 0.2) is 0 Å². The lowest BCUT2D eigenvalue weighted by Crippen LogP contribution is -2.28. The van der Waals surface area contributed by atoms with Gasteiger partial charge < -0.3 is 0 Å². The molecule has 0 atom stereocenters. The molecule has 1 fully saturated rings. The number of carbonyl (C=O) groups is 2. The van der Waals surface area contributed by atoms with E-state index in [2.05, 4.69) is 15.9 Å². The summed E-state index contributed by atoms with van der Waals surface area (Å²) < 4.78 is 13.5. The number of carbonyl (C=O) groups excluding carboxylic acids is 2. The van der Waals surface area contributed by atoms with E-state index in [-0.39, 0.29) is 31.2 Å². The van der Waals surface area contributed by atoms with E-state index in [0.717, 1.165) is 0 Å². The van der Waals surface area contributed by atoms with Gasteiger partial charge in [0, 0.05) is 12.8 Å². The maximum atomic E-state index is 13.2. The quantitative estimate of drug-likeness (QED) is 0.782. The van der Waals surface area contributed by atoms with Crippen molar-refractivity contribution in [3.63, 3.8) is 0 Å². The van der Waals surface area contributed by atoms with Gasteiger partial charge in [0.05, 0.1) is 11.0 Å². The summed E-state index contributed by atoms with van der Waals surface area (Å²) in [5.74, 6) is -0.779. The lowest BCUT2D eigenvalue weighted by molar-refractivity contribution is -0.139. The van der Waals surface area contributed by atoms with Crippen LogP contribution in [0, 0.1) is 5.82 Å². The number of likely N-dealkylation sites (tertiary alicyclic amines) is 1. The third-order valence-electron chi connectivity index (χ3n) is 2.51. The molecule has 1 heterocycles. The fourth-order valence-corrected chi connectivity index (χ4v) is 2.03. The first-order valence-electron chi connectivity index (χ1n) is 4.85. The molecule has 1 aliphatic rings. The van der Waals surface area contributed by atoms with Crippen molar-refractivity contribution in [3.05, 3.63) is 34.1 Å². The van der Waals surface area contributed by atoms with Crippen molar-refractivity contribution in [1.29, 1.82) is 0 Å². The van der Waals surface area contributed by atoms with Crippen LogP contribution in [-0.4, -0.2) is 16.7 Å². The van der Waals surface area contributed by atoms with Crippen molar-refractivity contribution in [3.8, 4) is 0 Å². The molecular weight excluding hydrogens is 277 g/mol. The Kier molecular flexibility index (Phi) is 3.05. The van der Waals surface area contributed by atoms with Gasteiger partial charge in [-0.15, -0.1) is 0 Å². The normalized spacial score (nSPS) is 16.0. The zero-order chi connectivity index (χ0) is 11.7. The molecule has 0 aromatic heterocycles. The molecule has 84 valence electrons. The van der Waals surface area contributed by atoms with E-state index in [1.807, 2.05) is 0 Å². The van der Waals surface area contributed by atoms with Crippen molar-refractivity contribution in [2.75, 3.05) is 0 Å². The van der Waals surface area contributed by atoms with Gasteiger partial charge in [-0.05, 0) is 27.6 Å². The Morgan fingerprint density at radius 3 is 2.50 bits per heavy atom. The van der Waals surface area contributed by atoms with Crippen LogP contribution in [0.15, 0.2) is 22.7 Å². The Morgan fingerprint density at radius 2 is 1.88 bits per heavy atom. The van der Waals surface area contributed by atoms with Gasteiger partial charge in [-0.3, -0.25) is 14.5 Å². The van der Waals surface area contributed by atoms with Crippen molar-refractivity contribution < 1.29 is 14.0 Å². The maximum Gasteiger partial charge on any atom is 0.229 e. The summed E-state index contributed by atoms with van der Waals surface area (Å²) in [6.07, 6.45) is 0.511. The second-order valence-electron chi connectivity index (χ2n) is 3.59. The molecule has 0 bridgehead atoms. The maximum absolute atomic E-state index is 13.2. The van der Waals surface area contributed by atoms with Crippen molar-refractivity contribution in [2.45, 2.75) is 19.4 Å². The van der Waals surface area contributed by atoms with Crippen LogP contribution in [0.25, 0.3) is 0 Å². The molecule has 0 saturated carbocycles. The van der Waals surface area contributed by atoms with Gasteiger partial charge in [0.2, 0.25) is 11.8 Å². The van der Waals surface area contributed by atoms with E-state index < -0.39 is 5.82 Å². The van der Waals surface area contributed by atoms with E-state index in [9.17, 15) is 14.0 Å². The number of benzene rings is 1. The molecule has 1 aromatic rings. The molecule has 5 heteroatoms. The van der Waals surface area contributed by atoms with Crippen molar-refractivity contribution in [2.24, 2.45) is 0 Å². The number of nitrogens with zero attached hydrogens (tertiary/aromatic N) is 1. The summed E-state index contributed by atoms with van der Waals surface area (Å²) >= 11 is 3.10. The van der Waals surface area contributed by atoms with E-state index in [1.54, 1.807) is 12.1 Å². The Labute approximate surface area is 100 Å². The van der Waals surface area contributed by atoms with E-state index in [4.69, 9.17) is 0 Å². The Bertz CT molecular complexity index is 445. The number of amides is 2. The van der Waals surface area contributed by atoms with Gasteiger partial charge in [-0.25, -0.2) is 4.39 Å². The Balaban J connectivity index is 2.24. The Hall–Kier alpha value is -1.23. The number of imide groups is 1. The van der Waals surface area contributed by atoms with Crippen molar-refractivity contribution >= 4 is 27.7 Å². The lowest BCUT2D eigenvalue weighted by atomic mass is 10.2.